The van der Waals surface area contributed by atoms with Gasteiger partial charge in [0.1, 0.15) is 0 Å². The molecule has 0 aromatic heterocycles. The van der Waals surface area contributed by atoms with E-state index in [4.69, 9.17) is 0 Å². The van der Waals surface area contributed by atoms with Crippen LogP contribution in [0.3, 0.4) is 0 Å². The minimum absolute atomic E-state index is 0.182. The molecule has 1 unspecified atom stereocenters. The van der Waals surface area contributed by atoms with E-state index in [9.17, 15) is 8.78 Å². The van der Waals surface area contributed by atoms with E-state index in [1.807, 2.05) is 0 Å². The van der Waals surface area contributed by atoms with Crippen molar-refractivity contribution in [1.29, 1.82) is 0 Å². The van der Waals surface area contributed by atoms with Gasteiger partial charge in [-0.15, -0.1) is 0 Å². The minimum atomic E-state index is -2.23. The van der Waals surface area contributed by atoms with E-state index >= 15 is 0 Å². The summed E-state index contributed by atoms with van der Waals surface area (Å²) in [7, 11) is 0. The lowest BCUT2D eigenvalue weighted by molar-refractivity contribution is 0.144. The van der Waals surface area contributed by atoms with Crippen molar-refractivity contribution in [1.82, 2.24) is 10.6 Å². The smallest absolute Gasteiger partial charge is 0.250 e. The molecule has 1 saturated heterocycles. The van der Waals surface area contributed by atoms with Crippen LogP contribution in [0.15, 0.2) is 0 Å². The van der Waals surface area contributed by atoms with Gasteiger partial charge in [0.05, 0.1) is 6.54 Å². The van der Waals surface area contributed by atoms with Crippen LogP contribution in [-0.2, 0) is 0 Å². The zero-order valence-electron chi connectivity index (χ0n) is 7.15. The Balaban J connectivity index is 1.98. The molecule has 1 aliphatic rings. The van der Waals surface area contributed by atoms with Crippen molar-refractivity contribution in [3.63, 3.8) is 0 Å². The maximum absolute atomic E-state index is 11.7. The van der Waals surface area contributed by atoms with Crippen molar-refractivity contribution >= 4 is 0 Å². The zero-order chi connectivity index (χ0) is 8.81. The Morgan fingerprint density at radius 1 is 1.42 bits per heavy atom. The highest BCUT2D eigenvalue weighted by Crippen LogP contribution is 2.05. The van der Waals surface area contributed by atoms with Crippen LogP contribution in [-0.4, -0.2) is 32.1 Å². The van der Waals surface area contributed by atoms with Gasteiger partial charge in [0.2, 0.25) is 0 Å². The fourth-order valence-electron chi connectivity index (χ4n) is 1.46. The van der Waals surface area contributed by atoms with Crippen LogP contribution in [0, 0.1) is 0 Å². The number of alkyl halides is 2. The van der Waals surface area contributed by atoms with Crippen molar-refractivity contribution in [2.45, 2.75) is 31.7 Å². The first-order chi connectivity index (χ1) is 5.79. The monoisotopic (exact) mass is 178 g/mol. The molecule has 12 heavy (non-hydrogen) atoms. The molecule has 72 valence electrons. The molecule has 0 aliphatic carbocycles. The number of nitrogens with one attached hydrogen (secondary N) is 2. The average Bonchev–Trinajstić information content (AvgIpc) is 2.05. The van der Waals surface area contributed by atoms with Gasteiger partial charge in [-0.2, -0.15) is 0 Å². The first kappa shape index (κ1) is 9.86. The summed E-state index contributed by atoms with van der Waals surface area (Å²) < 4.78 is 23.4. The number of halogens is 2. The fourth-order valence-corrected chi connectivity index (χ4v) is 1.46. The molecule has 0 saturated carbocycles. The maximum Gasteiger partial charge on any atom is 0.250 e. The van der Waals surface area contributed by atoms with Gasteiger partial charge in [0.15, 0.2) is 0 Å². The normalized spacial score (nSPS) is 24.8. The van der Waals surface area contributed by atoms with Gasteiger partial charge in [-0.05, 0) is 19.4 Å². The first-order valence-electron chi connectivity index (χ1n) is 4.51. The van der Waals surface area contributed by atoms with E-state index in [1.54, 1.807) is 0 Å². The van der Waals surface area contributed by atoms with Crippen LogP contribution in [0.2, 0.25) is 0 Å². The Bertz CT molecular complexity index is 114. The third-order valence-electron chi connectivity index (χ3n) is 2.10. The number of rotatable bonds is 4. The summed E-state index contributed by atoms with van der Waals surface area (Å²) in [5.41, 5.74) is 0. The Labute approximate surface area is 71.7 Å². The van der Waals surface area contributed by atoms with E-state index in [0.29, 0.717) is 12.6 Å². The van der Waals surface area contributed by atoms with Crippen LogP contribution in [0.1, 0.15) is 19.3 Å². The molecule has 0 radical (unpaired) electrons. The molecule has 1 aliphatic heterocycles. The highest BCUT2D eigenvalue weighted by molar-refractivity contribution is 4.74. The molecule has 2 N–H and O–H groups in total. The maximum atomic E-state index is 11.7. The second-order valence-corrected chi connectivity index (χ2v) is 3.20. The number of hydrogen-bond acceptors (Lipinski definition) is 2. The molecule has 0 aromatic carbocycles. The molecule has 1 rings (SSSR count). The summed E-state index contributed by atoms with van der Waals surface area (Å²) in [6.07, 6.45) is 1.31. The van der Waals surface area contributed by atoms with Gasteiger partial charge in [0, 0.05) is 12.6 Å². The summed E-state index contributed by atoms with van der Waals surface area (Å²) in [4.78, 5) is 0. The zero-order valence-corrected chi connectivity index (χ0v) is 7.15. The van der Waals surface area contributed by atoms with Gasteiger partial charge in [-0.1, -0.05) is 6.42 Å². The topological polar surface area (TPSA) is 24.1 Å². The Hall–Kier alpha value is -0.220. The van der Waals surface area contributed by atoms with E-state index in [1.165, 1.54) is 12.8 Å². The summed E-state index contributed by atoms with van der Waals surface area (Å²) >= 11 is 0. The van der Waals surface area contributed by atoms with Crippen molar-refractivity contribution in [3.8, 4) is 0 Å². The summed E-state index contributed by atoms with van der Waals surface area (Å²) in [6, 6.07) is 0.400. The van der Waals surface area contributed by atoms with E-state index in [-0.39, 0.29) is 6.54 Å². The highest BCUT2D eigenvalue weighted by atomic mass is 19.3. The third kappa shape index (κ3) is 3.97. The lowest BCUT2D eigenvalue weighted by Crippen LogP contribution is -2.42. The molecule has 0 bridgehead atoms. The van der Waals surface area contributed by atoms with E-state index in [0.717, 1.165) is 13.0 Å². The molecule has 1 fully saturated rings. The average molecular weight is 178 g/mol. The molecule has 2 nitrogen and oxygen atoms in total. The predicted molar refractivity (Wildman–Crippen MR) is 44.5 cm³/mol. The van der Waals surface area contributed by atoms with Gasteiger partial charge in [0.25, 0.3) is 6.43 Å². The second-order valence-electron chi connectivity index (χ2n) is 3.20. The summed E-state index contributed by atoms with van der Waals surface area (Å²) in [5, 5.41) is 6.03. The first-order valence-corrected chi connectivity index (χ1v) is 4.51. The van der Waals surface area contributed by atoms with Gasteiger partial charge >= 0.3 is 0 Å². The van der Waals surface area contributed by atoms with E-state index in [2.05, 4.69) is 10.6 Å². The van der Waals surface area contributed by atoms with Gasteiger partial charge < -0.3 is 10.6 Å². The Morgan fingerprint density at radius 2 is 2.25 bits per heavy atom. The van der Waals surface area contributed by atoms with Gasteiger partial charge in [-0.25, -0.2) is 8.78 Å². The van der Waals surface area contributed by atoms with Crippen LogP contribution >= 0.6 is 0 Å². The Morgan fingerprint density at radius 3 is 2.83 bits per heavy atom. The molecule has 4 heteroatoms. The fraction of sp³-hybridized carbons (Fsp3) is 1.00. The lowest BCUT2D eigenvalue weighted by Gasteiger charge is -2.23. The SMILES string of the molecule is FC(F)CNCC1CCCCN1. The standard InChI is InChI=1S/C8H16F2N2/c9-8(10)6-11-5-7-3-1-2-4-12-7/h7-8,11-12H,1-6H2. The third-order valence-corrected chi connectivity index (χ3v) is 2.10. The van der Waals surface area contributed by atoms with Crippen LogP contribution in [0.4, 0.5) is 8.78 Å². The predicted octanol–water partition coefficient (Wildman–Crippen LogP) is 0.983. The molecule has 0 amide bonds. The molecule has 1 atom stereocenters. The number of hydrogen-bond donors (Lipinski definition) is 2. The highest BCUT2D eigenvalue weighted by Gasteiger charge is 2.12. The quantitative estimate of drug-likeness (QED) is 0.670. The molecule has 0 spiro atoms. The molecule has 1 heterocycles. The van der Waals surface area contributed by atoms with Crippen LogP contribution in [0.5, 0.6) is 0 Å². The van der Waals surface area contributed by atoms with Crippen molar-refractivity contribution in [2.24, 2.45) is 0 Å². The van der Waals surface area contributed by atoms with Crippen molar-refractivity contribution in [2.75, 3.05) is 19.6 Å². The van der Waals surface area contributed by atoms with Crippen molar-refractivity contribution in [3.05, 3.63) is 0 Å². The Kier molecular flexibility index (Phi) is 4.46. The summed E-state index contributed by atoms with van der Waals surface area (Å²) in [5.74, 6) is 0. The molecular formula is C8H16F2N2. The van der Waals surface area contributed by atoms with Crippen LogP contribution in [0.25, 0.3) is 0 Å². The van der Waals surface area contributed by atoms with Gasteiger partial charge in [-0.3, -0.25) is 0 Å². The molecule has 0 aromatic rings. The molecular weight excluding hydrogens is 162 g/mol. The summed E-state index contributed by atoms with van der Waals surface area (Å²) in [6.45, 7) is 1.52. The van der Waals surface area contributed by atoms with Crippen molar-refractivity contribution < 1.29 is 8.78 Å². The number of piperidine rings is 1. The van der Waals surface area contributed by atoms with E-state index < -0.39 is 6.43 Å². The van der Waals surface area contributed by atoms with Crippen LogP contribution < -0.4 is 10.6 Å². The largest absolute Gasteiger partial charge is 0.313 e. The lowest BCUT2D eigenvalue weighted by atomic mass is 10.1. The second kappa shape index (κ2) is 5.43. The minimum Gasteiger partial charge on any atom is -0.313 e.